The highest BCUT2D eigenvalue weighted by Gasteiger charge is 2.39. The number of amides is 2. The van der Waals surface area contributed by atoms with Gasteiger partial charge in [0.25, 0.3) is 0 Å². The van der Waals surface area contributed by atoms with Gasteiger partial charge in [0.2, 0.25) is 5.91 Å². The van der Waals surface area contributed by atoms with Crippen LogP contribution in [0.3, 0.4) is 0 Å². The van der Waals surface area contributed by atoms with E-state index in [1.807, 2.05) is 6.07 Å². The number of rotatable bonds is 3. The zero-order chi connectivity index (χ0) is 19.6. The zero-order valence-electron chi connectivity index (χ0n) is 15.2. The first-order valence-electron chi connectivity index (χ1n) is 8.46. The molecule has 1 fully saturated rings. The van der Waals surface area contributed by atoms with E-state index in [-0.39, 0.29) is 31.0 Å². The van der Waals surface area contributed by atoms with Gasteiger partial charge in [-0.05, 0) is 44.9 Å². The first-order valence-corrected chi connectivity index (χ1v) is 9.22. The molecular formula is C18H25Cl2N3O3. The monoisotopic (exact) mass is 401 g/mol. The van der Waals surface area contributed by atoms with Gasteiger partial charge in [0.1, 0.15) is 5.60 Å². The minimum absolute atomic E-state index is 0.0454. The summed E-state index contributed by atoms with van der Waals surface area (Å²) in [6.07, 6.45) is 0.0391. The van der Waals surface area contributed by atoms with Crippen LogP contribution in [0.2, 0.25) is 10.0 Å². The molecule has 4 N–H and O–H groups in total. The van der Waals surface area contributed by atoms with E-state index in [0.717, 1.165) is 5.56 Å². The third-order valence-corrected chi connectivity index (χ3v) is 5.07. The molecule has 1 aromatic carbocycles. The number of carbonyl (C=O) groups excluding carboxylic acids is 2. The zero-order valence-corrected chi connectivity index (χ0v) is 16.7. The number of nitrogens with two attached hydrogens (primary N) is 2. The minimum atomic E-state index is -0.640. The second-order valence-electron chi connectivity index (χ2n) is 7.64. The Balaban J connectivity index is 2.26. The third kappa shape index (κ3) is 5.25. The van der Waals surface area contributed by atoms with Crippen molar-refractivity contribution in [3.8, 4) is 0 Å². The van der Waals surface area contributed by atoms with Crippen molar-refractivity contribution >= 4 is 35.2 Å². The Morgan fingerprint density at radius 1 is 1.27 bits per heavy atom. The third-order valence-electron chi connectivity index (χ3n) is 4.33. The fraction of sp³-hybridized carbons (Fsp3) is 0.556. The molecule has 3 atom stereocenters. The van der Waals surface area contributed by atoms with Crippen LogP contribution in [0.15, 0.2) is 18.2 Å². The van der Waals surface area contributed by atoms with Gasteiger partial charge in [-0.25, -0.2) is 4.79 Å². The summed E-state index contributed by atoms with van der Waals surface area (Å²) < 4.78 is 5.45. The number of ether oxygens (including phenoxy) is 1. The molecule has 1 aromatic rings. The van der Waals surface area contributed by atoms with Crippen LogP contribution >= 0.6 is 23.2 Å². The van der Waals surface area contributed by atoms with Crippen molar-refractivity contribution in [2.24, 2.45) is 11.5 Å². The summed E-state index contributed by atoms with van der Waals surface area (Å²) in [6, 6.07) is 4.64. The second kappa shape index (κ2) is 8.03. The molecule has 1 unspecified atom stereocenters. The van der Waals surface area contributed by atoms with Gasteiger partial charge in [0, 0.05) is 31.0 Å². The molecule has 0 spiro atoms. The van der Waals surface area contributed by atoms with E-state index in [9.17, 15) is 9.59 Å². The van der Waals surface area contributed by atoms with E-state index in [4.69, 9.17) is 39.4 Å². The number of nitrogens with zero attached hydrogens (tertiary/aromatic N) is 1. The van der Waals surface area contributed by atoms with E-state index in [1.54, 1.807) is 32.9 Å². The summed E-state index contributed by atoms with van der Waals surface area (Å²) in [7, 11) is 0. The number of likely N-dealkylation sites (tertiary alicyclic amines) is 1. The average molecular weight is 402 g/mol. The normalized spacial score (nSPS) is 23.6. The van der Waals surface area contributed by atoms with E-state index in [1.165, 1.54) is 4.90 Å². The molecule has 144 valence electrons. The van der Waals surface area contributed by atoms with Crippen molar-refractivity contribution in [2.75, 3.05) is 6.54 Å². The summed E-state index contributed by atoms with van der Waals surface area (Å²) >= 11 is 12.1. The van der Waals surface area contributed by atoms with E-state index < -0.39 is 17.6 Å². The molecule has 1 heterocycles. The van der Waals surface area contributed by atoms with Gasteiger partial charge in [0.05, 0.1) is 10.0 Å². The maximum atomic E-state index is 12.6. The maximum Gasteiger partial charge on any atom is 0.410 e. The maximum absolute atomic E-state index is 12.6. The van der Waals surface area contributed by atoms with Gasteiger partial charge in [-0.3, -0.25) is 4.79 Å². The Morgan fingerprint density at radius 2 is 1.92 bits per heavy atom. The van der Waals surface area contributed by atoms with Gasteiger partial charge in [-0.1, -0.05) is 29.3 Å². The van der Waals surface area contributed by atoms with Crippen LogP contribution in [0.5, 0.6) is 0 Å². The first-order chi connectivity index (χ1) is 12.0. The lowest BCUT2D eigenvalue weighted by atomic mass is 9.81. The standard InChI is InChI=1S/C18H25Cl2N3O3/c1-18(2,3)26-17(25)23-9-15(21)12(7-11(23)8-16(22)24)10-4-5-13(19)14(20)6-10/h4-6,11-12,15H,7-9,21H2,1-3H3,(H2,22,24)/t11?,12-,15+/m0/s1. The second-order valence-corrected chi connectivity index (χ2v) is 8.45. The fourth-order valence-electron chi connectivity index (χ4n) is 3.19. The average Bonchev–Trinajstić information content (AvgIpc) is 2.49. The Labute approximate surface area is 163 Å². The number of primary amides is 1. The predicted molar refractivity (Wildman–Crippen MR) is 102 cm³/mol. The Morgan fingerprint density at radius 3 is 2.46 bits per heavy atom. The minimum Gasteiger partial charge on any atom is -0.444 e. The largest absolute Gasteiger partial charge is 0.444 e. The lowest BCUT2D eigenvalue weighted by molar-refractivity contribution is -0.119. The van der Waals surface area contributed by atoms with Crippen LogP contribution in [0.4, 0.5) is 4.79 Å². The quantitative estimate of drug-likeness (QED) is 0.811. The topological polar surface area (TPSA) is 98.7 Å². The molecule has 0 aromatic heterocycles. The number of benzene rings is 1. The van der Waals surface area contributed by atoms with Gasteiger partial charge in [-0.15, -0.1) is 0 Å². The molecule has 0 bridgehead atoms. The number of hydrogen-bond acceptors (Lipinski definition) is 4. The lowest BCUT2D eigenvalue weighted by Crippen LogP contribution is -2.56. The molecule has 0 radical (unpaired) electrons. The van der Waals surface area contributed by atoms with Crippen LogP contribution in [0.25, 0.3) is 0 Å². The Bertz CT molecular complexity index is 691. The van der Waals surface area contributed by atoms with E-state index in [2.05, 4.69) is 0 Å². The number of piperidine rings is 1. The number of halogens is 2. The molecule has 0 aliphatic carbocycles. The predicted octanol–water partition coefficient (Wildman–Crippen LogP) is 3.29. The molecular weight excluding hydrogens is 377 g/mol. The van der Waals surface area contributed by atoms with Crippen molar-refractivity contribution in [3.05, 3.63) is 33.8 Å². The molecule has 1 aliphatic heterocycles. The van der Waals surface area contributed by atoms with E-state index >= 15 is 0 Å². The van der Waals surface area contributed by atoms with Gasteiger partial charge < -0.3 is 21.1 Å². The number of carbonyl (C=O) groups is 2. The fourth-order valence-corrected chi connectivity index (χ4v) is 3.50. The van der Waals surface area contributed by atoms with Crippen molar-refractivity contribution in [1.82, 2.24) is 4.90 Å². The highest BCUT2D eigenvalue weighted by molar-refractivity contribution is 6.42. The molecule has 8 heteroatoms. The molecule has 1 aliphatic rings. The van der Waals surface area contributed by atoms with Crippen molar-refractivity contribution in [1.29, 1.82) is 0 Å². The van der Waals surface area contributed by atoms with Crippen LogP contribution in [-0.2, 0) is 9.53 Å². The summed E-state index contributed by atoms with van der Waals surface area (Å²) in [4.78, 5) is 25.6. The van der Waals surface area contributed by atoms with Crippen LogP contribution < -0.4 is 11.5 Å². The van der Waals surface area contributed by atoms with Crippen LogP contribution in [-0.4, -0.2) is 41.1 Å². The molecule has 2 amide bonds. The molecule has 0 saturated carbocycles. The Kier molecular flexibility index (Phi) is 6.42. The molecule has 2 rings (SSSR count). The first kappa shape index (κ1) is 20.8. The number of hydrogen-bond donors (Lipinski definition) is 2. The van der Waals surface area contributed by atoms with Crippen molar-refractivity contribution in [3.63, 3.8) is 0 Å². The van der Waals surface area contributed by atoms with E-state index in [0.29, 0.717) is 16.5 Å². The van der Waals surface area contributed by atoms with Crippen molar-refractivity contribution < 1.29 is 14.3 Å². The summed E-state index contributed by atoms with van der Waals surface area (Å²) in [5.41, 5.74) is 12.0. The van der Waals surface area contributed by atoms with Crippen LogP contribution in [0.1, 0.15) is 45.1 Å². The van der Waals surface area contributed by atoms with Crippen LogP contribution in [0, 0.1) is 0 Å². The van der Waals surface area contributed by atoms with Crippen molar-refractivity contribution in [2.45, 2.75) is 57.2 Å². The lowest BCUT2D eigenvalue weighted by Gasteiger charge is -2.43. The highest BCUT2D eigenvalue weighted by atomic mass is 35.5. The van der Waals surface area contributed by atoms with Gasteiger partial charge >= 0.3 is 6.09 Å². The smallest absolute Gasteiger partial charge is 0.410 e. The SMILES string of the molecule is CC(C)(C)OC(=O)N1C[C@@H](N)[C@H](c2ccc(Cl)c(Cl)c2)CC1CC(N)=O. The molecule has 6 nitrogen and oxygen atoms in total. The summed E-state index contributed by atoms with van der Waals surface area (Å²) in [5.74, 6) is -0.556. The molecule has 1 saturated heterocycles. The summed E-state index contributed by atoms with van der Waals surface area (Å²) in [5, 5.41) is 0.904. The van der Waals surface area contributed by atoms with Gasteiger partial charge in [-0.2, -0.15) is 0 Å². The molecule has 26 heavy (non-hydrogen) atoms. The summed E-state index contributed by atoms with van der Waals surface area (Å²) in [6.45, 7) is 5.63. The van der Waals surface area contributed by atoms with Gasteiger partial charge in [0.15, 0.2) is 0 Å². The highest BCUT2D eigenvalue weighted by Crippen LogP contribution is 2.35. The Hall–Kier alpha value is -1.50.